The van der Waals surface area contributed by atoms with Gasteiger partial charge in [0.1, 0.15) is 4.34 Å². The van der Waals surface area contributed by atoms with Gasteiger partial charge in [-0.2, -0.15) is 0 Å². The van der Waals surface area contributed by atoms with E-state index in [9.17, 15) is 0 Å². The number of hydrogen-bond donors (Lipinski definition) is 1. The molecule has 18 heavy (non-hydrogen) atoms. The van der Waals surface area contributed by atoms with Crippen LogP contribution in [0.1, 0.15) is 26.7 Å². The molecule has 1 N–H and O–H groups in total. The van der Waals surface area contributed by atoms with Crippen molar-refractivity contribution in [3.63, 3.8) is 0 Å². The molecule has 0 bridgehead atoms. The van der Waals surface area contributed by atoms with Gasteiger partial charge < -0.3 is 9.73 Å². The first-order valence-corrected chi connectivity index (χ1v) is 6.95. The second-order valence-corrected chi connectivity index (χ2v) is 7.13. The lowest BCUT2D eigenvalue weighted by molar-refractivity contribution is 0.383. The molecule has 0 aliphatic rings. The fourth-order valence-corrected chi connectivity index (χ4v) is 2.71. The van der Waals surface area contributed by atoms with E-state index >= 15 is 0 Å². The molecule has 0 aliphatic heterocycles. The molecule has 98 valence electrons. The molecule has 0 amide bonds. The van der Waals surface area contributed by atoms with Gasteiger partial charge in [0.25, 0.3) is 0 Å². The normalized spacial score (nSPS) is 12.1. The smallest absolute Gasteiger partial charge is 0.250 e. The maximum absolute atomic E-state index is 6.03. The van der Waals surface area contributed by atoms with E-state index < -0.39 is 0 Å². The van der Waals surface area contributed by atoms with Gasteiger partial charge in [-0.1, -0.05) is 23.2 Å². The molecule has 0 unspecified atom stereocenters. The monoisotopic (exact) mass is 305 g/mol. The van der Waals surface area contributed by atoms with Crippen molar-refractivity contribution in [1.29, 1.82) is 0 Å². The van der Waals surface area contributed by atoms with Crippen LogP contribution in [0.4, 0.5) is 0 Å². The van der Waals surface area contributed by atoms with Crippen LogP contribution >= 0.6 is 34.5 Å². The molecule has 0 spiro atoms. The van der Waals surface area contributed by atoms with E-state index in [1.165, 1.54) is 11.3 Å². The Morgan fingerprint density at radius 1 is 1.33 bits per heavy atom. The first-order chi connectivity index (χ1) is 8.35. The van der Waals surface area contributed by atoms with Gasteiger partial charge in [0, 0.05) is 5.54 Å². The van der Waals surface area contributed by atoms with Gasteiger partial charge in [0.2, 0.25) is 11.8 Å². The van der Waals surface area contributed by atoms with Crippen LogP contribution in [0, 0.1) is 0 Å². The van der Waals surface area contributed by atoms with E-state index in [0.29, 0.717) is 32.6 Å². The molecule has 4 nitrogen and oxygen atoms in total. The van der Waals surface area contributed by atoms with Crippen molar-refractivity contribution in [2.45, 2.75) is 32.9 Å². The van der Waals surface area contributed by atoms with E-state index in [4.69, 9.17) is 27.6 Å². The summed E-state index contributed by atoms with van der Waals surface area (Å²) in [5.74, 6) is 0.923. The topological polar surface area (TPSA) is 51.0 Å². The Balaban J connectivity index is 2.13. The van der Waals surface area contributed by atoms with Crippen LogP contribution < -0.4 is 5.32 Å². The maximum atomic E-state index is 6.03. The Bertz CT molecular complexity index is 545. The van der Waals surface area contributed by atoms with Crippen molar-refractivity contribution >= 4 is 34.5 Å². The fourth-order valence-electron chi connectivity index (χ4n) is 1.26. The molecule has 0 radical (unpaired) electrons. The van der Waals surface area contributed by atoms with Crippen molar-refractivity contribution in [2.24, 2.45) is 0 Å². The summed E-state index contributed by atoms with van der Waals surface area (Å²) in [7, 11) is 0. The molecule has 2 heterocycles. The highest BCUT2D eigenvalue weighted by Gasteiger charge is 2.16. The van der Waals surface area contributed by atoms with E-state index in [1.54, 1.807) is 6.07 Å². The van der Waals surface area contributed by atoms with Crippen LogP contribution in [0.25, 0.3) is 11.5 Å². The number of rotatable bonds is 3. The third-order valence-corrected chi connectivity index (χ3v) is 3.61. The Hall–Kier alpha value is -0.620. The average molecular weight is 306 g/mol. The predicted octanol–water partition coefficient (Wildman–Crippen LogP) is 3.99. The van der Waals surface area contributed by atoms with E-state index in [-0.39, 0.29) is 5.54 Å². The van der Waals surface area contributed by atoms with Crippen LogP contribution in [-0.4, -0.2) is 15.7 Å². The van der Waals surface area contributed by atoms with Gasteiger partial charge >= 0.3 is 0 Å². The number of aromatic nitrogens is 2. The Morgan fingerprint density at radius 3 is 2.61 bits per heavy atom. The second-order valence-electron chi connectivity index (χ2n) is 4.84. The SMILES string of the molecule is CC(C)(C)NCc1nnc(-c2cc(Cl)sc2Cl)o1. The molecular weight excluding hydrogens is 293 g/mol. The molecular formula is C11H13Cl2N3OS. The highest BCUT2D eigenvalue weighted by atomic mass is 35.5. The molecule has 0 aromatic carbocycles. The lowest BCUT2D eigenvalue weighted by Crippen LogP contribution is -2.35. The third-order valence-electron chi connectivity index (χ3n) is 2.12. The minimum atomic E-state index is -0.00202. The zero-order valence-electron chi connectivity index (χ0n) is 10.3. The van der Waals surface area contributed by atoms with Crippen molar-refractivity contribution in [3.05, 3.63) is 20.6 Å². The summed E-state index contributed by atoms with van der Waals surface area (Å²) in [5.41, 5.74) is 0.680. The number of nitrogens with zero attached hydrogens (tertiary/aromatic N) is 2. The zero-order valence-corrected chi connectivity index (χ0v) is 12.6. The van der Waals surface area contributed by atoms with Crippen molar-refractivity contribution in [2.75, 3.05) is 0 Å². The average Bonchev–Trinajstić information content (AvgIpc) is 2.81. The molecule has 2 rings (SSSR count). The van der Waals surface area contributed by atoms with Crippen molar-refractivity contribution < 1.29 is 4.42 Å². The van der Waals surface area contributed by atoms with Crippen molar-refractivity contribution in [3.8, 4) is 11.5 Å². The fraction of sp³-hybridized carbons (Fsp3) is 0.455. The molecule has 0 saturated carbocycles. The van der Waals surface area contributed by atoms with E-state index in [0.717, 1.165) is 0 Å². The summed E-state index contributed by atoms with van der Waals surface area (Å²) in [6, 6.07) is 1.73. The van der Waals surface area contributed by atoms with E-state index in [2.05, 4.69) is 36.3 Å². The molecule has 2 aromatic heterocycles. The van der Waals surface area contributed by atoms with Gasteiger partial charge in [0.05, 0.1) is 16.4 Å². The summed E-state index contributed by atoms with van der Waals surface area (Å²) < 4.78 is 6.69. The van der Waals surface area contributed by atoms with Crippen LogP contribution in [0.3, 0.4) is 0 Å². The van der Waals surface area contributed by atoms with E-state index in [1.807, 2.05) is 0 Å². The maximum Gasteiger partial charge on any atom is 0.250 e. The first-order valence-electron chi connectivity index (χ1n) is 5.38. The van der Waals surface area contributed by atoms with Gasteiger partial charge in [-0.3, -0.25) is 0 Å². The Morgan fingerprint density at radius 2 is 2.06 bits per heavy atom. The minimum absolute atomic E-state index is 0.00202. The molecule has 7 heteroatoms. The van der Waals surface area contributed by atoms with Gasteiger partial charge in [-0.25, -0.2) is 0 Å². The van der Waals surface area contributed by atoms with Crippen LogP contribution in [0.15, 0.2) is 10.5 Å². The van der Waals surface area contributed by atoms with Crippen LogP contribution in [-0.2, 0) is 6.54 Å². The summed E-state index contributed by atoms with van der Waals surface area (Å²) >= 11 is 13.2. The number of hydrogen-bond acceptors (Lipinski definition) is 5. The standard InChI is InChI=1S/C11H13Cl2N3OS/c1-11(2,3)14-5-8-15-16-10(17-8)6-4-7(12)18-9(6)13/h4,14H,5H2,1-3H3. The highest BCUT2D eigenvalue weighted by molar-refractivity contribution is 7.20. The molecule has 0 fully saturated rings. The predicted molar refractivity (Wildman–Crippen MR) is 74.2 cm³/mol. The van der Waals surface area contributed by atoms with Gasteiger partial charge in [-0.15, -0.1) is 21.5 Å². The molecule has 0 saturated heterocycles. The number of halogens is 2. The minimum Gasteiger partial charge on any atom is -0.419 e. The Labute approximate surface area is 119 Å². The number of nitrogens with one attached hydrogen (secondary N) is 1. The zero-order chi connectivity index (χ0) is 13.3. The van der Waals surface area contributed by atoms with Gasteiger partial charge in [-0.05, 0) is 26.8 Å². The lowest BCUT2D eigenvalue weighted by Gasteiger charge is -2.18. The summed E-state index contributed by atoms with van der Waals surface area (Å²) in [5, 5.41) is 11.2. The third kappa shape index (κ3) is 3.45. The largest absolute Gasteiger partial charge is 0.419 e. The highest BCUT2D eigenvalue weighted by Crippen LogP contribution is 2.37. The number of thiophene rings is 1. The van der Waals surface area contributed by atoms with Crippen LogP contribution in [0.2, 0.25) is 8.67 Å². The summed E-state index contributed by atoms with van der Waals surface area (Å²) in [4.78, 5) is 0. The molecule has 2 aromatic rings. The molecule has 0 aliphatic carbocycles. The second kappa shape index (κ2) is 5.17. The summed E-state index contributed by atoms with van der Waals surface area (Å²) in [6.07, 6.45) is 0. The lowest BCUT2D eigenvalue weighted by atomic mass is 10.1. The quantitative estimate of drug-likeness (QED) is 0.931. The first kappa shape index (κ1) is 13.8. The van der Waals surface area contributed by atoms with Crippen molar-refractivity contribution in [1.82, 2.24) is 15.5 Å². The van der Waals surface area contributed by atoms with Gasteiger partial charge in [0.15, 0.2) is 0 Å². The molecule has 0 atom stereocenters. The summed E-state index contributed by atoms with van der Waals surface area (Å²) in [6.45, 7) is 6.73. The van der Waals surface area contributed by atoms with Crippen LogP contribution in [0.5, 0.6) is 0 Å². The Kier molecular flexibility index (Phi) is 3.96.